The fourth-order valence-corrected chi connectivity index (χ4v) is 5.82. The van der Waals surface area contributed by atoms with Crippen LogP contribution in [0.5, 0.6) is 5.75 Å². The molecule has 0 saturated heterocycles. The van der Waals surface area contributed by atoms with Gasteiger partial charge in [0.05, 0.1) is 22.7 Å². The number of ether oxygens (including phenoxy) is 1. The van der Waals surface area contributed by atoms with Gasteiger partial charge >= 0.3 is 0 Å². The Labute approximate surface area is 239 Å². The zero-order valence-electron chi connectivity index (χ0n) is 22.8. The molecule has 0 aliphatic rings. The molecule has 8 nitrogen and oxygen atoms in total. The van der Waals surface area contributed by atoms with E-state index in [1.54, 1.807) is 39.0 Å². The molecule has 0 aliphatic heterocycles. The third-order valence-electron chi connectivity index (χ3n) is 6.12. The Hall–Kier alpha value is -3.63. The second-order valence-electron chi connectivity index (χ2n) is 9.38. The summed E-state index contributed by atoms with van der Waals surface area (Å²) in [7, 11) is -2.80. The van der Waals surface area contributed by atoms with Gasteiger partial charge in [0.25, 0.3) is 10.0 Å². The van der Waals surface area contributed by atoms with Crippen molar-refractivity contribution in [2.75, 3.05) is 18.0 Å². The second-order valence-corrected chi connectivity index (χ2v) is 11.6. The minimum absolute atomic E-state index is 0.0237. The van der Waals surface area contributed by atoms with E-state index < -0.39 is 34.3 Å². The molecule has 1 atom stereocenters. The monoisotopic (exact) mass is 589 g/mol. The lowest BCUT2D eigenvalue weighted by Gasteiger charge is -2.33. The van der Waals surface area contributed by atoms with E-state index in [1.807, 2.05) is 0 Å². The van der Waals surface area contributed by atoms with E-state index in [0.717, 1.165) is 4.31 Å². The molecular formula is C29H33ClFN3O5S. The third-order valence-corrected chi connectivity index (χ3v) is 8.20. The van der Waals surface area contributed by atoms with Crippen molar-refractivity contribution in [2.24, 2.45) is 0 Å². The van der Waals surface area contributed by atoms with Crippen LogP contribution in [-0.4, -0.2) is 50.9 Å². The Morgan fingerprint density at radius 2 is 1.68 bits per heavy atom. The molecule has 214 valence electrons. The van der Waals surface area contributed by atoms with E-state index in [0.29, 0.717) is 11.3 Å². The summed E-state index contributed by atoms with van der Waals surface area (Å²) in [5.74, 6) is -1.11. The van der Waals surface area contributed by atoms with Gasteiger partial charge in [-0.3, -0.25) is 13.9 Å². The van der Waals surface area contributed by atoms with E-state index in [4.69, 9.17) is 16.3 Å². The number of nitrogens with one attached hydrogen (secondary N) is 1. The molecule has 0 saturated carbocycles. The molecule has 3 rings (SSSR count). The summed E-state index contributed by atoms with van der Waals surface area (Å²) in [6.07, 6.45) is 0.269. The number of carbonyl (C=O) groups excluding carboxylic acids is 2. The normalized spacial score (nSPS) is 12.1. The average Bonchev–Trinajstić information content (AvgIpc) is 2.92. The zero-order chi connectivity index (χ0) is 29.4. The first-order chi connectivity index (χ1) is 19.0. The van der Waals surface area contributed by atoms with Crippen LogP contribution >= 0.6 is 11.6 Å². The van der Waals surface area contributed by atoms with E-state index >= 15 is 0 Å². The molecule has 0 fully saturated rings. The Kier molecular flexibility index (Phi) is 10.5. The van der Waals surface area contributed by atoms with Gasteiger partial charge < -0.3 is 15.0 Å². The predicted octanol–water partition coefficient (Wildman–Crippen LogP) is 5.02. The summed E-state index contributed by atoms with van der Waals surface area (Å²) in [6.45, 7) is 4.71. The largest absolute Gasteiger partial charge is 0.495 e. The van der Waals surface area contributed by atoms with Crippen molar-refractivity contribution in [1.29, 1.82) is 0 Å². The highest BCUT2D eigenvalue weighted by Gasteiger charge is 2.34. The van der Waals surface area contributed by atoms with Crippen molar-refractivity contribution in [1.82, 2.24) is 10.2 Å². The number of nitrogens with zero attached hydrogens (tertiary/aromatic N) is 2. The van der Waals surface area contributed by atoms with Crippen LogP contribution in [0.3, 0.4) is 0 Å². The minimum Gasteiger partial charge on any atom is -0.495 e. The van der Waals surface area contributed by atoms with Gasteiger partial charge in [-0.2, -0.15) is 0 Å². The van der Waals surface area contributed by atoms with E-state index in [2.05, 4.69) is 5.32 Å². The number of rotatable bonds is 12. The lowest BCUT2D eigenvalue weighted by atomic mass is 10.1. The van der Waals surface area contributed by atoms with Crippen LogP contribution in [0.25, 0.3) is 0 Å². The second kappa shape index (κ2) is 13.6. The topological polar surface area (TPSA) is 96.0 Å². The molecule has 0 heterocycles. The van der Waals surface area contributed by atoms with Gasteiger partial charge in [-0.15, -0.1) is 0 Å². The lowest BCUT2D eigenvalue weighted by Crippen LogP contribution is -2.53. The van der Waals surface area contributed by atoms with Crippen molar-refractivity contribution in [2.45, 2.75) is 50.7 Å². The van der Waals surface area contributed by atoms with Gasteiger partial charge in [0, 0.05) is 12.6 Å². The van der Waals surface area contributed by atoms with Crippen molar-refractivity contribution >= 4 is 39.1 Å². The standard InChI is InChI=1S/C29H33ClFN3O5S/c1-5-26(29(36)32-20(2)3)33(18-21-11-13-22(31)14-12-21)28(35)19-34(23-15-16-27(39-4)25(30)17-23)40(37,38)24-9-7-6-8-10-24/h6-17,20,26H,5,18-19H2,1-4H3,(H,32,36). The molecule has 1 unspecified atom stereocenters. The predicted molar refractivity (Wildman–Crippen MR) is 153 cm³/mol. The fraction of sp³-hybridized carbons (Fsp3) is 0.310. The van der Waals surface area contributed by atoms with Crippen LogP contribution in [-0.2, 0) is 26.2 Å². The molecule has 3 aromatic carbocycles. The summed E-state index contributed by atoms with van der Waals surface area (Å²) < 4.78 is 47.4. The van der Waals surface area contributed by atoms with Gasteiger partial charge in [-0.05, 0) is 68.3 Å². The average molecular weight is 590 g/mol. The molecule has 0 aliphatic carbocycles. The van der Waals surface area contributed by atoms with Crippen LogP contribution in [0, 0.1) is 5.82 Å². The Balaban J connectivity index is 2.08. The molecule has 40 heavy (non-hydrogen) atoms. The highest BCUT2D eigenvalue weighted by Crippen LogP contribution is 2.32. The molecular weight excluding hydrogens is 557 g/mol. The van der Waals surface area contributed by atoms with Gasteiger partial charge in [-0.25, -0.2) is 12.8 Å². The molecule has 0 bridgehead atoms. The first-order valence-electron chi connectivity index (χ1n) is 12.7. The van der Waals surface area contributed by atoms with Crippen LogP contribution in [0.4, 0.5) is 10.1 Å². The van der Waals surface area contributed by atoms with Crippen molar-refractivity contribution in [3.8, 4) is 5.75 Å². The van der Waals surface area contributed by atoms with Gasteiger partial charge in [0.1, 0.15) is 24.2 Å². The van der Waals surface area contributed by atoms with Crippen LogP contribution < -0.4 is 14.4 Å². The maximum absolute atomic E-state index is 14.0. The number of benzene rings is 3. The number of carbonyl (C=O) groups is 2. The molecule has 0 spiro atoms. The first-order valence-corrected chi connectivity index (χ1v) is 14.5. The first kappa shape index (κ1) is 30.9. The fourth-order valence-electron chi connectivity index (χ4n) is 4.15. The van der Waals surface area contributed by atoms with Crippen molar-refractivity contribution in [3.05, 3.63) is 89.2 Å². The van der Waals surface area contributed by atoms with Crippen molar-refractivity contribution in [3.63, 3.8) is 0 Å². The summed E-state index contributed by atoms with van der Waals surface area (Å²) in [6, 6.07) is 16.6. The number of halogens is 2. The SMILES string of the molecule is CCC(C(=O)NC(C)C)N(Cc1ccc(F)cc1)C(=O)CN(c1ccc(OC)c(Cl)c1)S(=O)(=O)c1ccccc1. The summed E-state index contributed by atoms with van der Waals surface area (Å²) >= 11 is 6.33. The maximum Gasteiger partial charge on any atom is 0.264 e. The number of hydrogen-bond acceptors (Lipinski definition) is 5. The number of methoxy groups -OCH3 is 1. The van der Waals surface area contributed by atoms with E-state index in [-0.39, 0.29) is 40.5 Å². The number of hydrogen-bond donors (Lipinski definition) is 1. The minimum atomic E-state index is -4.23. The molecule has 3 aromatic rings. The zero-order valence-corrected chi connectivity index (χ0v) is 24.4. The highest BCUT2D eigenvalue weighted by atomic mass is 35.5. The summed E-state index contributed by atoms with van der Waals surface area (Å²) in [5, 5.41) is 2.99. The van der Waals surface area contributed by atoms with Gasteiger partial charge in [-0.1, -0.05) is 48.9 Å². The van der Waals surface area contributed by atoms with Gasteiger partial charge in [0.15, 0.2) is 0 Å². The molecule has 1 N–H and O–H groups in total. The number of anilines is 1. The summed E-state index contributed by atoms with van der Waals surface area (Å²) in [4.78, 5) is 28.4. The third kappa shape index (κ3) is 7.51. The lowest BCUT2D eigenvalue weighted by molar-refractivity contribution is -0.140. The molecule has 0 aromatic heterocycles. The van der Waals surface area contributed by atoms with Crippen molar-refractivity contribution < 1.29 is 27.1 Å². The Morgan fingerprint density at radius 1 is 1.02 bits per heavy atom. The van der Waals surface area contributed by atoms with E-state index in [1.165, 1.54) is 66.6 Å². The summed E-state index contributed by atoms with van der Waals surface area (Å²) in [5.41, 5.74) is 0.722. The smallest absolute Gasteiger partial charge is 0.264 e. The Morgan fingerprint density at radius 3 is 2.23 bits per heavy atom. The molecule has 11 heteroatoms. The van der Waals surface area contributed by atoms with E-state index in [9.17, 15) is 22.4 Å². The van der Waals surface area contributed by atoms with Crippen LogP contribution in [0.15, 0.2) is 77.7 Å². The van der Waals surface area contributed by atoms with Crippen LogP contribution in [0.1, 0.15) is 32.8 Å². The Bertz CT molecular complexity index is 1420. The maximum atomic E-state index is 14.0. The molecule has 0 radical (unpaired) electrons. The quantitative estimate of drug-likeness (QED) is 0.320. The number of amides is 2. The van der Waals surface area contributed by atoms with Gasteiger partial charge in [0.2, 0.25) is 11.8 Å². The van der Waals surface area contributed by atoms with Crippen LogP contribution in [0.2, 0.25) is 5.02 Å². The molecule has 2 amide bonds. The number of sulfonamides is 1. The highest BCUT2D eigenvalue weighted by molar-refractivity contribution is 7.92.